The third-order valence-corrected chi connectivity index (χ3v) is 3.39. The summed E-state index contributed by atoms with van der Waals surface area (Å²) in [5.41, 5.74) is 6.31. The van der Waals surface area contributed by atoms with Crippen LogP contribution in [0.5, 0.6) is 0 Å². The highest BCUT2D eigenvalue weighted by atomic mass is 16.5. The number of pyridine rings is 1. The molecule has 0 aliphatic rings. The molecule has 1 heterocycles. The summed E-state index contributed by atoms with van der Waals surface area (Å²) >= 11 is 0. The van der Waals surface area contributed by atoms with Crippen LogP contribution in [-0.4, -0.2) is 30.7 Å². The van der Waals surface area contributed by atoms with Gasteiger partial charge in [-0.2, -0.15) is 0 Å². The van der Waals surface area contributed by atoms with Gasteiger partial charge in [0.05, 0.1) is 5.52 Å². The Balaban J connectivity index is 2.40. The lowest BCUT2D eigenvalue weighted by Crippen LogP contribution is -2.32. The Morgan fingerprint density at radius 2 is 2.10 bits per heavy atom. The molecule has 0 spiro atoms. The number of nitrogens with zero attached hydrogens (tertiary/aromatic N) is 1. The summed E-state index contributed by atoms with van der Waals surface area (Å²) in [6.07, 6.45) is 0.677. The minimum atomic E-state index is -0.449. The molecule has 0 atom stereocenters. The molecule has 3 N–H and O–H groups in total. The molecule has 112 valence electrons. The number of hydrogen-bond donors (Lipinski definition) is 2. The lowest BCUT2D eigenvalue weighted by atomic mass is 10.1. The Kier molecular flexibility index (Phi) is 4.59. The molecule has 0 aliphatic carbocycles. The van der Waals surface area contributed by atoms with E-state index < -0.39 is 5.91 Å². The van der Waals surface area contributed by atoms with Crippen LogP contribution in [0.15, 0.2) is 29.1 Å². The van der Waals surface area contributed by atoms with E-state index in [0.29, 0.717) is 30.5 Å². The van der Waals surface area contributed by atoms with Gasteiger partial charge in [-0.15, -0.1) is 0 Å². The normalized spacial score (nSPS) is 10.8. The number of nitrogen functional groups attached to an aromatic ring is 1. The number of para-hydroxylation sites is 1. The molecule has 1 amide bonds. The van der Waals surface area contributed by atoms with Crippen LogP contribution in [0, 0.1) is 0 Å². The second-order valence-electron chi connectivity index (χ2n) is 4.77. The highest BCUT2D eigenvalue weighted by Gasteiger charge is 2.18. The van der Waals surface area contributed by atoms with Gasteiger partial charge in [-0.1, -0.05) is 12.1 Å². The summed E-state index contributed by atoms with van der Waals surface area (Å²) in [6.45, 7) is 0.980. The molecular formula is C15H19N3O3. The van der Waals surface area contributed by atoms with E-state index in [4.69, 9.17) is 10.5 Å². The minimum Gasteiger partial charge on any atom is -0.385 e. The zero-order valence-corrected chi connectivity index (χ0v) is 12.2. The van der Waals surface area contributed by atoms with E-state index in [1.807, 2.05) is 6.07 Å². The molecule has 1 aromatic heterocycles. The Morgan fingerprint density at radius 1 is 1.38 bits per heavy atom. The van der Waals surface area contributed by atoms with Gasteiger partial charge in [0.1, 0.15) is 11.4 Å². The number of hydrogen-bond acceptors (Lipinski definition) is 4. The van der Waals surface area contributed by atoms with Crippen molar-refractivity contribution in [2.75, 3.05) is 26.0 Å². The topological polar surface area (TPSA) is 86.3 Å². The number of carbonyl (C=O) groups excluding carboxylic acids is 1. The molecule has 0 saturated heterocycles. The third kappa shape index (κ3) is 2.90. The van der Waals surface area contributed by atoms with Crippen molar-refractivity contribution in [3.05, 3.63) is 40.1 Å². The Morgan fingerprint density at radius 3 is 2.81 bits per heavy atom. The molecule has 0 radical (unpaired) electrons. The highest BCUT2D eigenvalue weighted by Crippen LogP contribution is 2.16. The molecule has 2 aromatic rings. The first kappa shape index (κ1) is 15.1. The van der Waals surface area contributed by atoms with Crippen molar-refractivity contribution in [2.24, 2.45) is 7.05 Å². The van der Waals surface area contributed by atoms with Crippen LogP contribution in [-0.2, 0) is 11.8 Å². The van der Waals surface area contributed by atoms with Gasteiger partial charge < -0.3 is 20.4 Å². The summed E-state index contributed by atoms with van der Waals surface area (Å²) in [7, 11) is 3.33. The van der Waals surface area contributed by atoms with Crippen LogP contribution in [0.4, 0.5) is 5.82 Å². The van der Waals surface area contributed by atoms with E-state index in [1.165, 1.54) is 0 Å². The van der Waals surface area contributed by atoms with E-state index in [1.54, 1.807) is 36.9 Å². The van der Waals surface area contributed by atoms with Crippen molar-refractivity contribution >= 4 is 22.6 Å². The van der Waals surface area contributed by atoms with Gasteiger partial charge in [0.15, 0.2) is 0 Å². The van der Waals surface area contributed by atoms with E-state index in [-0.39, 0.29) is 16.8 Å². The van der Waals surface area contributed by atoms with Crippen LogP contribution < -0.4 is 16.5 Å². The van der Waals surface area contributed by atoms with Gasteiger partial charge in [0.25, 0.3) is 5.91 Å². The van der Waals surface area contributed by atoms with Crippen molar-refractivity contribution in [1.82, 2.24) is 9.88 Å². The van der Waals surface area contributed by atoms with Crippen LogP contribution in [0.3, 0.4) is 0 Å². The van der Waals surface area contributed by atoms with Crippen molar-refractivity contribution < 1.29 is 9.53 Å². The number of aryl methyl sites for hydroxylation is 1. The van der Waals surface area contributed by atoms with Gasteiger partial charge >= 0.3 is 0 Å². The minimum absolute atomic E-state index is 0.00591. The summed E-state index contributed by atoms with van der Waals surface area (Å²) in [6, 6.07) is 7.08. The maximum atomic E-state index is 12.5. The van der Waals surface area contributed by atoms with Gasteiger partial charge in [-0.25, -0.2) is 0 Å². The summed E-state index contributed by atoms with van der Waals surface area (Å²) in [4.78, 5) is 24.7. The first-order valence-corrected chi connectivity index (χ1v) is 6.72. The fourth-order valence-electron chi connectivity index (χ4n) is 2.23. The second kappa shape index (κ2) is 6.41. The fraction of sp³-hybridized carbons (Fsp3) is 0.333. The maximum absolute atomic E-state index is 12.5. The number of methoxy groups -OCH3 is 1. The monoisotopic (exact) mass is 289 g/mol. The lowest BCUT2D eigenvalue weighted by molar-refractivity contribution is 0.0948. The molecular weight excluding hydrogens is 270 g/mol. The number of nitrogens with one attached hydrogen (secondary N) is 1. The average molecular weight is 289 g/mol. The van der Waals surface area contributed by atoms with Gasteiger partial charge in [-0.05, 0) is 18.6 Å². The van der Waals surface area contributed by atoms with E-state index in [2.05, 4.69) is 5.32 Å². The summed E-state index contributed by atoms with van der Waals surface area (Å²) in [5, 5.41) is 3.18. The number of fused-ring (bicyclic) bond motifs is 1. The van der Waals surface area contributed by atoms with Crippen molar-refractivity contribution in [3.8, 4) is 0 Å². The molecule has 0 saturated carbocycles. The number of carbonyl (C=O) groups is 1. The van der Waals surface area contributed by atoms with Gasteiger partial charge in [0.2, 0.25) is 5.43 Å². The number of amides is 1. The molecule has 6 nitrogen and oxygen atoms in total. The Bertz CT molecular complexity index is 722. The summed E-state index contributed by atoms with van der Waals surface area (Å²) < 4.78 is 6.57. The van der Waals surface area contributed by atoms with E-state index >= 15 is 0 Å². The Hall–Kier alpha value is -2.34. The molecule has 0 aliphatic heterocycles. The van der Waals surface area contributed by atoms with Crippen molar-refractivity contribution in [2.45, 2.75) is 6.42 Å². The zero-order chi connectivity index (χ0) is 15.4. The predicted molar refractivity (Wildman–Crippen MR) is 82.4 cm³/mol. The zero-order valence-electron chi connectivity index (χ0n) is 12.2. The second-order valence-corrected chi connectivity index (χ2v) is 4.77. The third-order valence-electron chi connectivity index (χ3n) is 3.39. The first-order chi connectivity index (χ1) is 10.1. The number of benzene rings is 1. The molecule has 0 unspecified atom stereocenters. The van der Waals surface area contributed by atoms with Crippen LogP contribution >= 0.6 is 0 Å². The van der Waals surface area contributed by atoms with Crippen LogP contribution in [0.2, 0.25) is 0 Å². The molecule has 0 bridgehead atoms. The largest absolute Gasteiger partial charge is 0.385 e. The number of nitrogens with two attached hydrogens (primary N) is 1. The Labute approximate surface area is 122 Å². The smallest absolute Gasteiger partial charge is 0.258 e. The molecule has 6 heteroatoms. The van der Waals surface area contributed by atoms with Gasteiger partial charge in [0, 0.05) is 32.7 Å². The number of anilines is 1. The molecule has 21 heavy (non-hydrogen) atoms. The van der Waals surface area contributed by atoms with Crippen LogP contribution in [0.1, 0.15) is 16.8 Å². The van der Waals surface area contributed by atoms with Gasteiger partial charge in [-0.3, -0.25) is 9.59 Å². The van der Waals surface area contributed by atoms with E-state index in [9.17, 15) is 9.59 Å². The fourth-order valence-corrected chi connectivity index (χ4v) is 2.23. The number of aromatic nitrogens is 1. The van der Waals surface area contributed by atoms with E-state index in [0.717, 1.165) is 0 Å². The highest BCUT2D eigenvalue weighted by molar-refractivity contribution is 6.01. The molecule has 1 aromatic carbocycles. The van der Waals surface area contributed by atoms with Crippen molar-refractivity contribution in [3.63, 3.8) is 0 Å². The lowest BCUT2D eigenvalue weighted by Gasteiger charge is -2.13. The number of ether oxygens (including phenoxy) is 1. The molecule has 0 fully saturated rings. The molecule has 2 rings (SSSR count). The summed E-state index contributed by atoms with van der Waals surface area (Å²) in [5.74, 6) is -0.280. The van der Waals surface area contributed by atoms with Crippen LogP contribution in [0.25, 0.3) is 10.9 Å². The first-order valence-electron chi connectivity index (χ1n) is 6.72. The predicted octanol–water partition coefficient (Wildman–Crippen LogP) is 0.887. The van der Waals surface area contributed by atoms with Crippen molar-refractivity contribution in [1.29, 1.82) is 0 Å². The average Bonchev–Trinajstić information content (AvgIpc) is 2.49. The SMILES string of the molecule is COCCCNC(=O)c1c(N)n(C)c2ccccc2c1=O. The standard InChI is InChI=1S/C15H19N3O3/c1-18-11-7-4-3-6-10(11)13(19)12(14(18)16)15(20)17-8-5-9-21-2/h3-4,6-7H,5,8-9,16H2,1-2H3,(H,17,20). The quantitative estimate of drug-likeness (QED) is 0.800. The number of rotatable bonds is 5. The maximum Gasteiger partial charge on any atom is 0.258 e.